The third-order valence-corrected chi connectivity index (χ3v) is 2.81. The minimum absolute atomic E-state index is 0.232. The molecule has 0 aromatic heterocycles. The quantitative estimate of drug-likeness (QED) is 0.610. The summed E-state index contributed by atoms with van der Waals surface area (Å²) in [6.07, 6.45) is 14.8. The molecule has 1 heterocycles. The lowest BCUT2D eigenvalue weighted by atomic mass is 10.1. The molecule has 0 aromatic carbocycles. The Hall–Kier alpha value is -0.790. The second kappa shape index (κ2) is 8.51. The summed E-state index contributed by atoms with van der Waals surface area (Å²) < 4.78 is 0. The molecule has 0 fully saturated rings. The molecule has 0 saturated carbocycles. The summed E-state index contributed by atoms with van der Waals surface area (Å²) in [5, 5.41) is 2.98. The van der Waals surface area contributed by atoms with Crippen LogP contribution in [0.15, 0.2) is 12.2 Å². The Kier molecular flexibility index (Phi) is 6.97. The molecule has 0 spiro atoms. The first-order valence-electron chi connectivity index (χ1n) is 6.31. The molecule has 0 atom stereocenters. The highest BCUT2D eigenvalue weighted by Crippen LogP contribution is 2.06. The second-order valence-corrected chi connectivity index (χ2v) is 4.27. The van der Waals surface area contributed by atoms with Crippen molar-refractivity contribution < 1.29 is 4.79 Å². The fraction of sp³-hybridized carbons (Fsp3) is 0.769. The minimum Gasteiger partial charge on any atom is -0.356 e. The highest BCUT2D eigenvalue weighted by molar-refractivity contribution is 5.75. The van der Waals surface area contributed by atoms with E-state index in [0.29, 0.717) is 6.42 Å². The van der Waals surface area contributed by atoms with Gasteiger partial charge < -0.3 is 5.32 Å². The van der Waals surface area contributed by atoms with Crippen LogP contribution >= 0.6 is 0 Å². The van der Waals surface area contributed by atoms with Gasteiger partial charge in [0.2, 0.25) is 5.91 Å². The Balaban J connectivity index is 2.21. The number of carbonyl (C=O) groups excluding carboxylic acids is 1. The van der Waals surface area contributed by atoms with Crippen LogP contribution < -0.4 is 5.32 Å². The first-order chi connectivity index (χ1) is 7.39. The molecule has 1 aliphatic heterocycles. The normalized spacial score (nSPS) is 23.9. The highest BCUT2D eigenvalue weighted by atomic mass is 16.1. The lowest BCUT2D eigenvalue weighted by molar-refractivity contribution is -0.121. The number of carbonyl (C=O) groups is 1. The van der Waals surface area contributed by atoms with Crippen LogP contribution in [-0.4, -0.2) is 12.5 Å². The fourth-order valence-electron chi connectivity index (χ4n) is 1.84. The Labute approximate surface area is 93.1 Å². The van der Waals surface area contributed by atoms with Gasteiger partial charge in [-0.05, 0) is 38.5 Å². The van der Waals surface area contributed by atoms with Crippen molar-refractivity contribution in [2.75, 3.05) is 6.54 Å². The summed E-state index contributed by atoms with van der Waals surface area (Å²) >= 11 is 0. The van der Waals surface area contributed by atoms with Gasteiger partial charge in [0.05, 0.1) is 0 Å². The molecule has 0 aromatic rings. The van der Waals surface area contributed by atoms with Crippen molar-refractivity contribution in [1.82, 2.24) is 5.32 Å². The van der Waals surface area contributed by atoms with Crippen molar-refractivity contribution >= 4 is 5.91 Å². The number of amides is 1. The van der Waals surface area contributed by atoms with Gasteiger partial charge in [0, 0.05) is 13.0 Å². The van der Waals surface area contributed by atoms with Crippen molar-refractivity contribution in [3.8, 4) is 0 Å². The molecule has 0 unspecified atom stereocenters. The maximum Gasteiger partial charge on any atom is 0.219 e. The van der Waals surface area contributed by atoms with E-state index in [0.717, 1.165) is 32.2 Å². The van der Waals surface area contributed by atoms with Crippen LogP contribution in [-0.2, 0) is 4.79 Å². The molecule has 0 bridgehead atoms. The second-order valence-electron chi connectivity index (χ2n) is 4.27. The minimum atomic E-state index is 0.232. The van der Waals surface area contributed by atoms with Gasteiger partial charge in [-0.2, -0.15) is 0 Å². The zero-order valence-electron chi connectivity index (χ0n) is 9.63. The van der Waals surface area contributed by atoms with Gasteiger partial charge in [-0.3, -0.25) is 4.79 Å². The van der Waals surface area contributed by atoms with Crippen LogP contribution in [0.2, 0.25) is 0 Å². The molecule has 0 aliphatic carbocycles. The molecule has 1 N–H and O–H groups in total. The van der Waals surface area contributed by atoms with E-state index in [-0.39, 0.29) is 5.91 Å². The van der Waals surface area contributed by atoms with Crippen molar-refractivity contribution in [1.29, 1.82) is 0 Å². The van der Waals surface area contributed by atoms with Gasteiger partial charge in [-0.15, -0.1) is 0 Å². The Morgan fingerprint density at radius 3 is 2.33 bits per heavy atom. The number of hydrogen-bond acceptors (Lipinski definition) is 1. The smallest absolute Gasteiger partial charge is 0.219 e. The molecule has 0 radical (unpaired) electrons. The molecule has 0 saturated heterocycles. The molecule has 15 heavy (non-hydrogen) atoms. The standard InChI is InChI=1S/C13H23NO/c15-13-11-9-7-5-3-1-2-4-6-8-10-12-14-13/h1,3H,2,4-12H2,(H,14,15)/b3-1-. The molecule has 1 rings (SSSR count). The average molecular weight is 209 g/mol. The Morgan fingerprint density at radius 1 is 0.867 bits per heavy atom. The Morgan fingerprint density at radius 2 is 1.53 bits per heavy atom. The lowest BCUT2D eigenvalue weighted by Gasteiger charge is -2.05. The predicted octanol–water partition coefficient (Wildman–Crippen LogP) is 3.18. The Bertz CT molecular complexity index is 199. The van der Waals surface area contributed by atoms with Gasteiger partial charge in [-0.1, -0.05) is 25.0 Å². The van der Waals surface area contributed by atoms with Crippen molar-refractivity contribution in [2.45, 2.75) is 57.8 Å². The SMILES string of the molecule is O=C1CCCC/C=C\CCCCCCN1. The zero-order chi connectivity index (χ0) is 10.8. The first kappa shape index (κ1) is 12.3. The number of allylic oxidation sites excluding steroid dienone is 2. The van der Waals surface area contributed by atoms with E-state index in [1.54, 1.807) is 0 Å². The lowest BCUT2D eigenvalue weighted by Crippen LogP contribution is -2.23. The van der Waals surface area contributed by atoms with E-state index in [2.05, 4.69) is 17.5 Å². The molecule has 86 valence electrons. The third-order valence-electron chi connectivity index (χ3n) is 2.81. The maximum atomic E-state index is 11.3. The summed E-state index contributed by atoms with van der Waals surface area (Å²) in [4.78, 5) is 11.3. The molecule has 1 aliphatic rings. The molecular formula is C13H23NO. The number of hydrogen-bond donors (Lipinski definition) is 1. The summed E-state index contributed by atoms with van der Waals surface area (Å²) in [5.74, 6) is 0.232. The van der Waals surface area contributed by atoms with E-state index in [1.165, 1.54) is 25.7 Å². The van der Waals surface area contributed by atoms with Crippen LogP contribution in [0.5, 0.6) is 0 Å². The van der Waals surface area contributed by atoms with Crippen LogP contribution in [0, 0.1) is 0 Å². The van der Waals surface area contributed by atoms with Crippen molar-refractivity contribution in [3.05, 3.63) is 12.2 Å². The fourth-order valence-corrected chi connectivity index (χ4v) is 1.84. The monoisotopic (exact) mass is 209 g/mol. The summed E-state index contributed by atoms with van der Waals surface area (Å²) in [5.41, 5.74) is 0. The molecular weight excluding hydrogens is 186 g/mol. The van der Waals surface area contributed by atoms with E-state index in [1.807, 2.05) is 0 Å². The first-order valence-corrected chi connectivity index (χ1v) is 6.31. The topological polar surface area (TPSA) is 29.1 Å². The van der Waals surface area contributed by atoms with Crippen LogP contribution in [0.25, 0.3) is 0 Å². The average Bonchev–Trinajstić information content (AvgIpc) is 2.24. The van der Waals surface area contributed by atoms with Gasteiger partial charge in [0.25, 0.3) is 0 Å². The van der Waals surface area contributed by atoms with Gasteiger partial charge in [0.15, 0.2) is 0 Å². The predicted molar refractivity (Wildman–Crippen MR) is 63.7 cm³/mol. The van der Waals surface area contributed by atoms with Gasteiger partial charge in [-0.25, -0.2) is 0 Å². The van der Waals surface area contributed by atoms with Crippen LogP contribution in [0.3, 0.4) is 0 Å². The third kappa shape index (κ3) is 7.18. The summed E-state index contributed by atoms with van der Waals surface area (Å²) in [7, 11) is 0. The van der Waals surface area contributed by atoms with Crippen LogP contribution in [0.4, 0.5) is 0 Å². The van der Waals surface area contributed by atoms with Crippen molar-refractivity contribution in [3.63, 3.8) is 0 Å². The number of nitrogens with one attached hydrogen (secondary N) is 1. The summed E-state index contributed by atoms with van der Waals surface area (Å²) in [6.45, 7) is 0.870. The van der Waals surface area contributed by atoms with E-state index >= 15 is 0 Å². The summed E-state index contributed by atoms with van der Waals surface area (Å²) in [6, 6.07) is 0. The number of rotatable bonds is 0. The van der Waals surface area contributed by atoms with Crippen LogP contribution in [0.1, 0.15) is 57.8 Å². The van der Waals surface area contributed by atoms with Crippen molar-refractivity contribution in [2.24, 2.45) is 0 Å². The van der Waals surface area contributed by atoms with Gasteiger partial charge in [0.1, 0.15) is 0 Å². The molecule has 1 amide bonds. The largest absolute Gasteiger partial charge is 0.356 e. The molecule has 2 heteroatoms. The highest BCUT2D eigenvalue weighted by Gasteiger charge is 2.00. The molecule has 2 nitrogen and oxygen atoms in total. The van der Waals surface area contributed by atoms with Gasteiger partial charge >= 0.3 is 0 Å². The van der Waals surface area contributed by atoms with E-state index in [4.69, 9.17) is 0 Å². The van der Waals surface area contributed by atoms with E-state index < -0.39 is 0 Å². The maximum absolute atomic E-state index is 11.3. The van der Waals surface area contributed by atoms with E-state index in [9.17, 15) is 4.79 Å². The zero-order valence-corrected chi connectivity index (χ0v) is 9.63.